The molecule has 1 aromatic heterocycles. The van der Waals surface area contributed by atoms with Gasteiger partial charge in [0.1, 0.15) is 5.75 Å². The van der Waals surface area contributed by atoms with Crippen LogP contribution < -0.4 is 15.4 Å². The van der Waals surface area contributed by atoms with Crippen LogP contribution in [-0.2, 0) is 6.42 Å². The molecule has 2 bridgehead atoms. The van der Waals surface area contributed by atoms with Crippen molar-refractivity contribution in [2.45, 2.75) is 31.3 Å². The molecular weight excluding hydrogens is 340 g/mol. The minimum absolute atomic E-state index is 0.151. The number of piperidine rings is 3. The molecule has 2 N–H and O–H groups in total. The highest BCUT2D eigenvalue weighted by molar-refractivity contribution is 5.89. The van der Waals surface area contributed by atoms with E-state index in [0.29, 0.717) is 12.0 Å². The Morgan fingerprint density at radius 3 is 2.85 bits per heavy atom. The molecule has 0 saturated carbocycles. The number of carbonyl (C=O) groups excluding carboxylic acids is 1. The number of aromatic nitrogens is 1. The maximum Gasteiger partial charge on any atom is 0.319 e. The zero-order valence-corrected chi connectivity index (χ0v) is 15.6. The molecule has 5 rings (SSSR count). The molecule has 0 spiro atoms. The van der Waals surface area contributed by atoms with E-state index in [0.717, 1.165) is 43.8 Å². The Bertz CT molecular complexity index is 775. The van der Waals surface area contributed by atoms with Gasteiger partial charge in [0.15, 0.2) is 0 Å². The lowest BCUT2D eigenvalue weighted by molar-refractivity contribution is 0.0184. The van der Waals surface area contributed by atoms with E-state index in [1.807, 2.05) is 36.5 Å². The first-order valence-corrected chi connectivity index (χ1v) is 9.57. The largest absolute Gasteiger partial charge is 0.497 e. The first-order valence-electron chi connectivity index (χ1n) is 9.57. The van der Waals surface area contributed by atoms with Gasteiger partial charge in [0.2, 0.25) is 0 Å². The van der Waals surface area contributed by atoms with E-state index in [1.165, 1.54) is 5.56 Å². The molecule has 6 nitrogen and oxygen atoms in total. The van der Waals surface area contributed by atoms with Crippen LogP contribution in [0.25, 0.3) is 0 Å². The zero-order chi connectivity index (χ0) is 18.6. The lowest BCUT2D eigenvalue weighted by Gasteiger charge is -2.51. The Morgan fingerprint density at radius 1 is 1.26 bits per heavy atom. The SMILES string of the molecule is COc1cccc(NC(=O)N[C@@H]2C3CCN(CC3)[C@@H]2Cc2cccnc2)c1. The fourth-order valence-electron chi connectivity index (χ4n) is 4.40. The van der Waals surface area contributed by atoms with E-state index < -0.39 is 0 Å². The molecule has 2 amide bonds. The average Bonchev–Trinajstić information content (AvgIpc) is 2.71. The van der Waals surface area contributed by atoms with E-state index >= 15 is 0 Å². The zero-order valence-electron chi connectivity index (χ0n) is 15.6. The predicted octanol–water partition coefficient (Wildman–Crippen LogP) is 2.92. The fraction of sp³-hybridized carbons (Fsp3) is 0.429. The van der Waals surface area contributed by atoms with Gasteiger partial charge in [-0.3, -0.25) is 9.88 Å². The molecular formula is C21H26N4O2. The molecule has 2 aromatic rings. The maximum atomic E-state index is 12.7. The van der Waals surface area contributed by atoms with Gasteiger partial charge >= 0.3 is 6.03 Å². The van der Waals surface area contributed by atoms with Crippen LogP contribution in [0.4, 0.5) is 10.5 Å². The minimum Gasteiger partial charge on any atom is -0.497 e. The number of pyridine rings is 1. The third-order valence-corrected chi connectivity index (χ3v) is 5.76. The van der Waals surface area contributed by atoms with Crippen molar-refractivity contribution in [3.05, 3.63) is 54.4 Å². The summed E-state index contributed by atoms with van der Waals surface area (Å²) in [6.45, 7) is 2.23. The summed E-state index contributed by atoms with van der Waals surface area (Å²) >= 11 is 0. The van der Waals surface area contributed by atoms with Crippen LogP contribution in [-0.4, -0.2) is 48.2 Å². The van der Waals surface area contributed by atoms with Crippen molar-refractivity contribution in [2.75, 3.05) is 25.5 Å². The summed E-state index contributed by atoms with van der Waals surface area (Å²) in [5.74, 6) is 1.26. The normalized spacial score (nSPS) is 26.4. The predicted molar refractivity (Wildman–Crippen MR) is 105 cm³/mol. The Balaban J connectivity index is 1.45. The fourth-order valence-corrected chi connectivity index (χ4v) is 4.40. The van der Waals surface area contributed by atoms with E-state index in [-0.39, 0.29) is 12.1 Å². The van der Waals surface area contributed by atoms with Crippen molar-refractivity contribution in [2.24, 2.45) is 5.92 Å². The minimum atomic E-state index is -0.154. The van der Waals surface area contributed by atoms with Crippen LogP contribution in [0.5, 0.6) is 5.75 Å². The monoisotopic (exact) mass is 366 g/mol. The third kappa shape index (κ3) is 4.06. The van der Waals surface area contributed by atoms with E-state index in [9.17, 15) is 4.79 Å². The number of hydrogen-bond donors (Lipinski definition) is 2. The standard InChI is InChI=1S/C21H26N4O2/c1-27-18-6-2-5-17(13-18)23-21(26)24-20-16-7-10-25(11-8-16)19(20)12-15-4-3-9-22-14-15/h2-6,9,13-14,16,19-20H,7-8,10-12H2,1H3,(H2,23,24,26)/t19-,20-/m1/s1. The average molecular weight is 366 g/mol. The van der Waals surface area contributed by atoms with Gasteiger partial charge in [-0.2, -0.15) is 0 Å². The molecule has 142 valence electrons. The molecule has 2 atom stereocenters. The Labute approximate surface area is 159 Å². The number of benzene rings is 1. The Morgan fingerprint density at radius 2 is 2.11 bits per heavy atom. The van der Waals surface area contributed by atoms with Crippen molar-refractivity contribution in [3.63, 3.8) is 0 Å². The summed E-state index contributed by atoms with van der Waals surface area (Å²) in [6.07, 6.45) is 6.93. The van der Waals surface area contributed by atoms with E-state index in [4.69, 9.17) is 4.74 Å². The first kappa shape index (κ1) is 17.8. The molecule has 0 unspecified atom stereocenters. The lowest BCUT2D eigenvalue weighted by Crippen LogP contribution is -2.64. The number of methoxy groups -OCH3 is 1. The molecule has 3 aliphatic rings. The highest BCUT2D eigenvalue weighted by atomic mass is 16.5. The summed E-state index contributed by atoms with van der Waals surface area (Å²) in [5, 5.41) is 6.20. The van der Waals surface area contributed by atoms with E-state index in [1.54, 1.807) is 13.3 Å². The van der Waals surface area contributed by atoms with Crippen molar-refractivity contribution < 1.29 is 9.53 Å². The topological polar surface area (TPSA) is 66.5 Å². The number of nitrogens with one attached hydrogen (secondary N) is 2. The van der Waals surface area contributed by atoms with Crippen molar-refractivity contribution in [1.29, 1.82) is 0 Å². The number of fused-ring (bicyclic) bond motifs is 3. The molecule has 0 radical (unpaired) electrons. The summed E-state index contributed by atoms with van der Waals surface area (Å²) in [6, 6.07) is 11.8. The smallest absolute Gasteiger partial charge is 0.319 e. The molecule has 27 heavy (non-hydrogen) atoms. The number of anilines is 1. The lowest BCUT2D eigenvalue weighted by atomic mass is 9.77. The Hall–Kier alpha value is -2.60. The summed E-state index contributed by atoms with van der Waals surface area (Å²) in [7, 11) is 1.62. The van der Waals surface area contributed by atoms with Crippen LogP contribution in [0.15, 0.2) is 48.8 Å². The molecule has 1 aromatic carbocycles. The van der Waals surface area contributed by atoms with Gasteiger partial charge in [0.25, 0.3) is 0 Å². The van der Waals surface area contributed by atoms with Gasteiger partial charge in [-0.25, -0.2) is 4.79 Å². The number of nitrogens with zero attached hydrogens (tertiary/aromatic N) is 2. The number of amides is 2. The van der Waals surface area contributed by atoms with Crippen LogP contribution in [0.3, 0.4) is 0 Å². The molecule has 3 aliphatic heterocycles. The molecule has 0 aliphatic carbocycles. The highest BCUT2D eigenvalue weighted by Gasteiger charge is 2.42. The van der Waals surface area contributed by atoms with Crippen molar-refractivity contribution in [3.8, 4) is 5.75 Å². The van der Waals surface area contributed by atoms with Gasteiger partial charge in [-0.05, 0) is 62.0 Å². The first-order chi connectivity index (χ1) is 13.2. The summed E-state index contributed by atoms with van der Waals surface area (Å²) < 4.78 is 5.23. The quantitative estimate of drug-likeness (QED) is 0.854. The molecule has 3 saturated heterocycles. The number of ether oxygens (including phenoxy) is 1. The van der Waals surface area contributed by atoms with Gasteiger partial charge in [0, 0.05) is 36.2 Å². The van der Waals surface area contributed by atoms with Crippen LogP contribution in [0.1, 0.15) is 18.4 Å². The second-order valence-electron chi connectivity index (χ2n) is 7.36. The van der Waals surface area contributed by atoms with Gasteiger partial charge < -0.3 is 15.4 Å². The molecule has 3 fully saturated rings. The van der Waals surface area contributed by atoms with Crippen LogP contribution >= 0.6 is 0 Å². The number of rotatable bonds is 5. The summed E-state index contributed by atoms with van der Waals surface area (Å²) in [4.78, 5) is 19.4. The Kier molecular flexibility index (Phi) is 5.25. The van der Waals surface area contributed by atoms with Gasteiger partial charge in [0.05, 0.1) is 7.11 Å². The molecule has 4 heterocycles. The van der Waals surface area contributed by atoms with Crippen LogP contribution in [0.2, 0.25) is 0 Å². The van der Waals surface area contributed by atoms with Gasteiger partial charge in [-0.1, -0.05) is 12.1 Å². The summed E-state index contributed by atoms with van der Waals surface area (Å²) in [5.41, 5.74) is 1.95. The van der Waals surface area contributed by atoms with E-state index in [2.05, 4.69) is 26.6 Å². The number of carbonyl (C=O) groups is 1. The third-order valence-electron chi connectivity index (χ3n) is 5.76. The van der Waals surface area contributed by atoms with Crippen molar-refractivity contribution in [1.82, 2.24) is 15.2 Å². The molecule has 6 heteroatoms. The second-order valence-corrected chi connectivity index (χ2v) is 7.36. The van der Waals surface area contributed by atoms with Crippen LogP contribution in [0, 0.1) is 5.92 Å². The highest BCUT2D eigenvalue weighted by Crippen LogP contribution is 2.34. The van der Waals surface area contributed by atoms with Crippen molar-refractivity contribution >= 4 is 11.7 Å². The number of urea groups is 1. The van der Waals surface area contributed by atoms with Gasteiger partial charge in [-0.15, -0.1) is 0 Å². The maximum absolute atomic E-state index is 12.7. The second kappa shape index (κ2) is 7.96. The number of hydrogen-bond acceptors (Lipinski definition) is 4.